The molecular weight excluding hydrogens is 580 g/mol. The molecule has 0 fully saturated rings. The Bertz CT molecular complexity index is 1980. The van der Waals surface area contributed by atoms with Gasteiger partial charge in [-0.1, -0.05) is 24.3 Å². The van der Waals surface area contributed by atoms with Crippen molar-refractivity contribution in [2.24, 2.45) is 0 Å². The predicted molar refractivity (Wildman–Crippen MR) is 182 cm³/mol. The normalized spacial score (nSPS) is 14.3. The Morgan fingerprint density at radius 1 is 0.630 bits per heavy atom. The summed E-state index contributed by atoms with van der Waals surface area (Å²) in [4.78, 5) is 6.52. The third-order valence-electron chi connectivity index (χ3n) is 8.71. The van der Waals surface area contributed by atoms with Gasteiger partial charge in [-0.25, -0.2) is 0 Å². The molecule has 236 valence electrons. The van der Waals surface area contributed by atoms with Gasteiger partial charge in [0.15, 0.2) is 34.5 Å². The smallest absolute Gasteiger partial charge is 0.161 e. The highest BCUT2D eigenvalue weighted by molar-refractivity contribution is 6.11. The molecule has 1 aromatic heterocycles. The van der Waals surface area contributed by atoms with E-state index in [1.807, 2.05) is 48.7 Å². The molecule has 46 heavy (non-hydrogen) atoms. The van der Waals surface area contributed by atoms with E-state index in [-0.39, 0.29) is 11.8 Å². The molecule has 0 saturated heterocycles. The minimum Gasteiger partial charge on any atom is -0.504 e. The fourth-order valence-electron chi connectivity index (χ4n) is 6.41. The number of aromatic hydroxyl groups is 1. The standard InChI is InChI=1S/C29H31NO6.C9H7N/c1-30-8-7-16-11-25(33-3)26(34-4)13-19(16)29(30)22-9-17-10-23(31)24(32-2)12-18(17)20-14-27(35-5)28(36-6)15-21(20)22;1-2-6-9-8(4-1)5-3-7-10-9/h9-15,29,31H,7-8H2,1-6H3;1-7H. The number of nitrogens with zero attached hydrogens (tertiary/aromatic N) is 2. The van der Waals surface area contributed by atoms with Crippen LogP contribution in [0.1, 0.15) is 22.7 Å². The van der Waals surface area contributed by atoms with Crippen molar-refractivity contribution < 1.29 is 28.8 Å². The van der Waals surface area contributed by atoms with E-state index in [4.69, 9.17) is 23.7 Å². The van der Waals surface area contributed by atoms with Crippen LogP contribution in [0.4, 0.5) is 0 Å². The van der Waals surface area contributed by atoms with Crippen molar-refractivity contribution >= 4 is 32.4 Å². The van der Waals surface area contributed by atoms with Gasteiger partial charge in [-0.05, 0) is 106 Å². The molecule has 8 nitrogen and oxygen atoms in total. The quantitative estimate of drug-likeness (QED) is 0.192. The van der Waals surface area contributed by atoms with Crippen LogP contribution in [0.2, 0.25) is 0 Å². The third-order valence-corrected chi connectivity index (χ3v) is 8.71. The number of benzene rings is 5. The molecule has 1 aliphatic rings. The second-order valence-corrected chi connectivity index (χ2v) is 11.2. The van der Waals surface area contributed by atoms with E-state index in [1.165, 1.54) is 10.9 Å². The van der Waals surface area contributed by atoms with Gasteiger partial charge in [0.1, 0.15) is 0 Å². The average molecular weight is 619 g/mol. The van der Waals surface area contributed by atoms with Crippen LogP contribution in [-0.2, 0) is 6.42 Å². The largest absolute Gasteiger partial charge is 0.504 e. The van der Waals surface area contributed by atoms with Crippen LogP contribution in [0, 0.1) is 0 Å². The molecule has 1 unspecified atom stereocenters. The van der Waals surface area contributed by atoms with E-state index in [0.717, 1.165) is 56.9 Å². The number of hydrogen-bond acceptors (Lipinski definition) is 8. The summed E-state index contributed by atoms with van der Waals surface area (Å²) in [5, 5.41) is 15.7. The van der Waals surface area contributed by atoms with E-state index in [1.54, 1.807) is 41.6 Å². The molecule has 0 spiro atoms. The second-order valence-electron chi connectivity index (χ2n) is 11.2. The van der Waals surface area contributed by atoms with E-state index in [0.29, 0.717) is 23.0 Å². The van der Waals surface area contributed by atoms with E-state index in [2.05, 4.69) is 47.3 Å². The number of rotatable bonds is 6. The number of hydrogen-bond donors (Lipinski definition) is 1. The number of methoxy groups -OCH3 is 5. The van der Waals surface area contributed by atoms with Gasteiger partial charge in [0.25, 0.3) is 0 Å². The number of para-hydroxylation sites is 1. The summed E-state index contributed by atoms with van der Waals surface area (Å²) in [6, 6.07) is 26.0. The average Bonchev–Trinajstić information content (AvgIpc) is 3.10. The van der Waals surface area contributed by atoms with Crippen LogP contribution in [-0.4, -0.2) is 64.1 Å². The highest BCUT2D eigenvalue weighted by atomic mass is 16.5. The Balaban J connectivity index is 0.000000314. The van der Waals surface area contributed by atoms with Crippen molar-refractivity contribution in [1.82, 2.24) is 9.88 Å². The number of phenols is 1. The lowest BCUT2D eigenvalue weighted by Gasteiger charge is -2.36. The van der Waals surface area contributed by atoms with Gasteiger partial charge in [-0.2, -0.15) is 0 Å². The molecule has 2 heterocycles. The predicted octanol–water partition coefficient (Wildman–Crippen LogP) is 7.55. The monoisotopic (exact) mass is 618 g/mol. The molecule has 7 rings (SSSR count). The number of aromatic nitrogens is 1. The van der Waals surface area contributed by atoms with Crippen molar-refractivity contribution in [1.29, 1.82) is 0 Å². The zero-order chi connectivity index (χ0) is 32.4. The van der Waals surface area contributed by atoms with Crippen LogP contribution < -0.4 is 23.7 Å². The first-order chi connectivity index (χ1) is 22.4. The first-order valence-corrected chi connectivity index (χ1v) is 15.0. The SMILES string of the molecule is COc1cc2c(cc1O)cc(C1c3cc(OC)c(OC)cc3CCN1C)c1cc(OC)c(OC)cc12.c1ccc2ncccc2c1. The van der Waals surface area contributed by atoms with Crippen molar-refractivity contribution in [3.8, 4) is 34.5 Å². The summed E-state index contributed by atoms with van der Waals surface area (Å²) in [5.41, 5.74) is 4.54. The van der Waals surface area contributed by atoms with E-state index < -0.39 is 0 Å². The summed E-state index contributed by atoms with van der Waals surface area (Å²) < 4.78 is 28.0. The topological polar surface area (TPSA) is 82.5 Å². The summed E-state index contributed by atoms with van der Waals surface area (Å²) in [6.45, 7) is 0.883. The fraction of sp³-hybridized carbons (Fsp3) is 0.237. The van der Waals surface area contributed by atoms with Crippen LogP contribution in [0.3, 0.4) is 0 Å². The lowest BCUT2D eigenvalue weighted by Crippen LogP contribution is -2.33. The molecule has 1 N–H and O–H groups in total. The van der Waals surface area contributed by atoms with Gasteiger partial charge in [-0.15, -0.1) is 0 Å². The summed E-state index contributed by atoms with van der Waals surface area (Å²) >= 11 is 0. The molecule has 0 bridgehead atoms. The zero-order valence-corrected chi connectivity index (χ0v) is 27.0. The Kier molecular flexibility index (Phi) is 8.72. The van der Waals surface area contributed by atoms with Crippen molar-refractivity contribution in [2.45, 2.75) is 12.5 Å². The Labute approximate surface area is 268 Å². The lowest BCUT2D eigenvalue weighted by atomic mass is 9.84. The summed E-state index contributed by atoms with van der Waals surface area (Å²) in [6.07, 6.45) is 2.71. The summed E-state index contributed by atoms with van der Waals surface area (Å²) in [5.74, 6) is 3.24. The third kappa shape index (κ3) is 5.56. The Morgan fingerprint density at radius 2 is 1.24 bits per heavy atom. The van der Waals surface area contributed by atoms with Gasteiger partial charge in [0.2, 0.25) is 0 Å². The number of phenolic OH excluding ortho intramolecular Hbond substituents is 1. The number of ether oxygens (including phenoxy) is 5. The minimum absolute atomic E-state index is 0.0530. The number of pyridine rings is 1. The first-order valence-electron chi connectivity index (χ1n) is 15.0. The van der Waals surface area contributed by atoms with Crippen LogP contribution in [0.5, 0.6) is 34.5 Å². The highest BCUT2D eigenvalue weighted by Gasteiger charge is 2.30. The Hall–Kier alpha value is -5.21. The maximum absolute atomic E-state index is 10.6. The van der Waals surface area contributed by atoms with Gasteiger partial charge >= 0.3 is 0 Å². The van der Waals surface area contributed by atoms with Crippen LogP contribution in [0.15, 0.2) is 85.1 Å². The van der Waals surface area contributed by atoms with Gasteiger partial charge < -0.3 is 28.8 Å². The van der Waals surface area contributed by atoms with Gasteiger partial charge in [-0.3, -0.25) is 9.88 Å². The first kappa shape index (κ1) is 30.8. The minimum atomic E-state index is -0.0530. The fourth-order valence-corrected chi connectivity index (χ4v) is 6.41. The molecule has 1 atom stereocenters. The van der Waals surface area contributed by atoms with Gasteiger partial charge in [0, 0.05) is 18.1 Å². The van der Waals surface area contributed by atoms with Crippen molar-refractivity contribution in [2.75, 3.05) is 49.1 Å². The number of fused-ring (bicyclic) bond motifs is 5. The van der Waals surface area contributed by atoms with Crippen molar-refractivity contribution in [3.05, 3.63) is 102 Å². The maximum Gasteiger partial charge on any atom is 0.161 e. The maximum atomic E-state index is 10.6. The zero-order valence-electron chi connectivity index (χ0n) is 27.0. The molecule has 0 saturated carbocycles. The van der Waals surface area contributed by atoms with Gasteiger partial charge in [0.05, 0.1) is 47.1 Å². The number of likely N-dealkylation sites (N-methyl/N-ethyl adjacent to an activating group) is 1. The van der Waals surface area contributed by atoms with E-state index >= 15 is 0 Å². The summed E-state index contributed by atoms with van der Waals surface area (Å²) in [7, 11) is 10.3. The molecule has 8 heteroatoms. The van der Waals surface area contributed by atoms with Crippen LogP contribution >= 0.6 is 0 Å². The highest BCUT2D eigenvalue weighted by Crippen LogP contribution is 2.47. The van der Waals surface area contributed by atoms with Crippen molar-refractivity contribution in [3.63, 3.8) is 0 Å². The Morgan fingerprint density at radius 3 is 1.93 bits per heavy atom. The molecule has 6 aromatic rings. The second kappa shape index (κ2) is 13.0. The molecule has 0 aliphatic carbocycles. The molecule has 1 aliphatic heterocycles. The molecule has 0 radical (unpaired) electrons. The van der Waals surface area contributed by atoms with Crippen LogP contribution in [0.25, 0.3) is 32.4 Å². The van der Waals surface area contributed by atoms with E-state index in [9.17, 15) is 5.11 Å². The lowest BCUT2D eigenvalue weighted by molar-refractivity contribution is 0.264. The molecule has 5 aromatic carbocycles. The molecular formula is C38H38N2O6. The molecule has 0 amide bonds.